The highest BCUT2D eigenvalue weighted by atomic mass is 32.2. The van der Waals surface area contributed by atoms with Crippen LogP contribution in [0.4, 0.5) is 5.69 Å². The van der Waals surface area contributed by atoms with E-state index in [1.807, 2.05) is 0 Å². The Morgan fingerprint density at radius 2 is 1.95 bits per heavy atom. The Labute approximate surface area is 113 Å². The van der Waals surface area contributed by atoms with Crippen LogP contribution in [0.1, 0.15) is 12.8 Å². The van der Waals surface area contributed by atoms with E-state index in [2.05, 4.69) is 5.43 Å². The van der Waals surface area contributed by atoms with Crippen molar-refractivity contribution in [1.29, 1.82) is 0 Å². The molecule has 0 bridgehead atoms. The van der Waals surface area contributed by atoms with Crippen molar-refractivity contribution >= 4 is 15.7 Å². The molecule has 4 N–H and O–H groups in total. The van der Waals surface area contributed by atoms with Gasteiger partial charge in [-0.05, 0) is 43.0 Å². The zero-order valence-corrected chi connectivity index (χ0v) is 11.6. The zero-order chi connectivity index (χ0) is 14.0. The molecule has 0 heterocycles. The summed E-state index contributed by atoms with van der Waals surface area (Å²) in [5.74, 6) is 5.49. The molecule has 0 spiro atoms. The van der Waals surface area contributed by atoms with E-state index in [0.717, 1.165) is 0 Å². The normalized spacial score (nSPS) is 23.2. The standard InChI is InChI=1S/C12H19N3O3S/c1-15(8-9-6-11(16)7-9)19(17,18)12-4-2-10(14-13)3-5-12/h2-5,9,11,14,16H,6-8,13H2,1H3. The molecule has 0 aliphatic heterocycles. The lowest BCUT2D eigenvalue weighted by molar-refractivity contribution is 0.0367. The number of anilines is 1. The lowest BCUT2D eigenvalue weighted by atomic mass is 9.82. The van der Waals surface area contributed by atoms with Crippen LogP contribution in [0.2, 0.25) is 0 Å². The van der Waals surface area contributed by atoms with Crippen LogP contribution >= 0.6 is 0 Å². The molecule has 0 atom stereocenters. The SMILES string of the molecule is CN(CC1CC(O)C1)S(=O)(=O)c1ccc(NN)cc1. The summed E-state index contributed by atoms with van der Waals surface area (Å²) in [4.78, 5) is 0.244. The Hall–Kier alpha value is -1.15. The fourth-order valence-electron chi connectivity index (χ4n) is 2.21. The summed E-state index contributed by atoms with van der Waals surface area (Å²) in [6.45, 7) is 0.441. The lowest BCUT2D eigenvalue weighted by Crippen LogP contribution is -2.39. The molecule has 1 aromatic carbocycles. The average molecular weight is 285 g/mol. The summed E-state index contributed by atoms with van der Waals surface area (Å²) in [6, 6.07) is 6.29. The Morgan fingerprint density at radius 3 is 2.42 bits per heavy atom. The van der Waals surface area contributed by atoms with E-state index < -0.39 is 10.0 Å². The van der Waals surface area contributed by atoms with Crippen molar-refractivity contribution < 1.29 is 13.5 Å². The van der Waals surface area contributed by atoms with Gasteiger partial charge in [-0.3, -0.25) is 5.84 Å². The monoisotopic (exact) mass is 285 g/mol. The van der Waals surface area contributed by atoms with Gasteiger partial charge in [0.15, 0.2) is 0 Å². The number of rotatable bonds is 5. The maximum Gasteiger partial charge on any atom is 0.242 e. The van der Waals surface area contributed by atoms with Crippen molar-refractivity contribution in [1.82, 2.24) is 4.31 Å². The summed E-state index contributed by atoms with van der Waals surface area (Å²) in [5, 5.41) is 9.22. The maximum atomic E-state index is 12.3. The van der Waals surface area contributed by atoms with Gasteiger partial charge >= 0.3 is 0 Å². The topological polar surface area (TPSA) is 95.7 Å². The van der Waals surface area contributed by atoms with Gasteiger partial charge in [0.1, 0.15) is 0 Å². The second-order valence-corrected chi connectivity index (χ2v) is 6.99. The van der Waals surface area contributed by atoms with Gasteiger partial charge in [-0.2, -0.15) is 0 Å². The van der Waals surface area contributed by atoms with Gasteiger partial charge in [0.05, 0.1) is 11.0 Å². The van der Waals surface area contributed by atoms with Gasteiger partial charge < -0.3 is 10.5 Å². The second-order valence-electron chi connectivity index (χ2n) is 4.95. The van der Waals surface area contributed by atoms with Crippen molar-refractivity contribution in [2.24, 2.45) is 11.8 Å². The van der Waals surface area contributed by atoms with E-state index in [0.29, 0.717) is 25.1 Å². The largest absolute Gasteiger partial charge is 0.393 e. The molecule has 0 aromatic heterocycles. The van der Waals surface area contributed by atoms with E-state index in [4.69, 9.17) is 5.84 Å². The molecular weight excluding hydrogens is 266 g/mol. The Morgan fingerprint density at radius 1 is 1.37 bits per heavy atom. The Bertz CT molecular complexity index is 524. The van der Waals surface area contributed by atoms with Crippen LogP contribution in [0.15, 0.2) is 29.2 Å². The number of nitrogens with zero attached hydrogens (tertiary/aromatic N) is 1. The van der Waals surface area contributed by atoms with Crippen LogP contribution in [0.5, 0.6) is 0 Å². The fraction of sp³-hybridized carbons (Fsp3) is 0.500. The Kier molecular flexibility index (Phi) is 4.10. The summed E-state index contributed by atoms with van der Waals surface area (Å²) >= 11 is 0. The first-order chi connectivity index (χ1) is 8.93. The van der Waals surface area contributed by atoms with Crippen LogP contribution in [0.3, 0.4) is 0 Å². The minimum absolute atomic E-state index is 0.244. The minimum Gasteiger partial charge on any atom is -0.393 e. The van der Waals surface area contributed by atoms with Gasteiger partial charge in [-0.15, -0.1) is 0 Å². The maximum absolute atomic E-state index is 12.3. The molecule has 6 nitrogen and oxygen atoms in total. The number of hydrogen-bond acceptors (Lipinski definition) is 5. The number of nitrogens with two attached hydrogens (primary N) is 1. The van der Waals surface area contributed by atoms with Crippen molar-refractivity contribution in [2.45, 2.75) is 23.8 Å². The lowest BCUT2D eigenvalue weighted by Gasteiger charge is -2.34. The first-order valence-corrected chi connectivity index (χ1v) is 7.58. The molecule has 106 valence electrons. The second kappa shape index (κ2) is 5.46. The molecule has 1 aliphatic rings. The third kappa shape index (κ3) is 3.06. The molecule has 1 aliphatic carbocycles. The molecule has 0 radical (unpaired) electrons. The molecule has 1 aromatic rings. The summed E-state index contributed by atoms with van der Waals surface area (Å²) < 4.78 is 25.9. The number of aliphatic hydroxyl groups is 1. The molecule has 1 fully saturated rings. The van der Waals surface area contributed by atoms with Crippen LogP contribution in [-0.2, 0) is 10.0 Å². The van der Waals surface area contributed by atoms with Crippen LogP contribution < -0.4 is 11.3 Å². The number of benzene rings is 1. The average Bonchev–Trinajstić information content (AvgIpc) is 2.36. The van der Waals surface area contributed by atoms with Crippen LogP contribution in [0, 0.1) is 5.92 Å². The quantitative estimate of drug-likeness (QED) is 0.536. The molecule has 1 saturated carbocycles. The molecular formula is C12H19N3O3S. The van der Waals surface area contributed by atoms with Gasteiger partial charge in [0.2, 0.25) is 10.0 Å². The molecule has 0 saturated heterocycles. The number of sulfonamides is 1. The highest BCUT2D eigenvalue weighted by molar-refractivity contribution is 7.89. The molecule has 0 amide bonds. The highest BCUT2D eigenvalue weighted by Gasteiger charge is 2.31. The van der Waals surface area contributed by atoms with E-state index in [9.17, 15) is 13.5 Å². The van der Waals surface area contributed by atoms with Crippen molar-refractivity contribution in [3.05, 3.63) is 24.3 Å². The minimum atomic E-state index is -3.47. The number of hydrazine groups is 1. The van der Waals surface area contributed by atoms with Gasteiger partial charge in [0, 0.05) is 19.3 Å². The van der Waals surface area contributed by atoms with Crippen molar-refractivity contribution in [2.75, 3.05) is 19.0 Å². The van der Waals surface area contributed by atoms with Gasteiger partial charge in [-0.1, -0.05) is 0 Å². The van der Waals surface area contributed by atoms with Crippen LogP contribution in [0.25, 0.3) is 0 Å². The van der Waals surface area contributed by atoms with Crippen molar-refractivity contribution in [3.8, 4) is 0 Å². The number of hydrogen-bond donors (Lipinski definition) is 3. The third-order valence-corrected chi connectivity index (χ3v) is 5.29. The predicted octanol–water partition coefficient (Wildman–Crippen LogP) is 0.364. The van der Waals surface area contributed by atoms with E-state index in [1.165, 1.54) is 16.4 Å². The molecule has 2 rings (SSSR count). The predicted molar refractivity (Wildman–Crippen MR) is 72.8 cm³/mol. The third-order valence-electron chi connectivity index (χ3n) is 3.46. The highest BCUT2D eigenvalue weighted by Crippen LogP contribution is 2.29. The van der Waals surface area contributed by atoms with E-state index >= 15 is 0 Å². The molecule has 0 unspecified atom stereocenters. The van der Waals surface area contributed by atoms with Crippen molar-refractivity contribution in [3.63, 3.8) is 0 Å². The van der Waals surface area contributed by atoms with Crippen LogP contribution in [-0.4, -0.2) is 37.5 Å². The Balaban J connectivity index is 2.07. The number of nitrogens with one attached hydrogen (secondary N) is 1. The summed E-state index contributed by atoms with van der Waals surface area (Å²) in [6.07, 6.45) is 1.09. The summed E-state index contributed by atoms with van der Waals surface area (Å²) in [7, 11) is -1.90. The number of aliphatic hydroxyl groups excluding tert-OH is 1. The molecule has 19 heavy (non-hydrogen) atoms. The first kappa shape index (κ1) is 14.3. The smallest absolute Gasteiger partial charge is 0.242 e. The summed E-state index contributed by atoms with van der Waals surface area (Å²) in [5.41, 5.74) is 3.11. The van der Waals surface area contributed by atoms with Gasteiger partial charge in [0.25, 0.3) is 0 Å². The van der Waals surface area contributed by atoms with Gasteiger partial charge in [-0.25, -0.2) is 12.7 Å². The molecule has 7 heteroatoms. The first-order valence-electron chi connectivity index (χ1n) is 6.14. The number of nitrogen functional groups attached to an aromatic ring is 1. The van der Waals surface area contributed by atoms with E-state index in [1.54, 1.807) is 19.2 Å². The fourth-order valence-corrected chi connectivity index (χ4v) is 3.46. The van der Waals surface area contributed by atoms with E-state index in [-0.39, 0.29) is 16.9 Å². The zero-order valence-electron chi connectivity index (χ0n) is 10.8.